The number of rotatable bonds is 2. The number of hydrogen-bond acceptors (Lipinski definition) is 3. The summed E-state index contributed by atoms with van der Waals surface area (Å²) in [5.41, 5.74) is 0. The van der Waals surface area contributed by atoms with Crippen LogP contribution in [0, 0.1) is 5.92 Å². The summed E-state index contributed by atoms with van der Waals surface area (Å²) in [4.78, 5) is 4.20. The first kappa shape index (κ1) is 7.73. The van der Waals surface area contributed by atoms with Gasteiger partial charge in [-0.15, -0.1) is 0 Å². The molecule has 1 aromatic heterocycles. The molecule has 2 rings (SSSR count). The third-order valence-electron chi connectivity index (χ3n) is 2.44. The van der Waals surface area contributed by atoms with Crippen molar-refractivity contribution in [2.75, 3.05) is 13.1 Å². The lowest BCUT2D eigenvalue weighted by Gasteiger charge is -2.05. The van der Waals surface area contributed by atoms with Crippen molar-refractivity contribution in [2.24, 2.45) is 13.0 Å². The standard InChI is InChI=1S/C8H14N4/c1-12-8(10-6-11-12)4-7-2-3-9-5-7/h6-7,9H,2-5H2,1H3. The van der Waals surface area contributed by atoms with E-state index in [4.69, 9.17) is 0 Å². The van der Waals surface area contributed by atoms with Crippen molar-refractivity contribution in [2.45, 2.75) is 12.8 Å². The van der Waals surface area contributed by atoms with E-state index in [0.29, 0.717) is 0 Å². The van der Waals surface area contributed by atoms with Crippen LogP contribution in [0.4, 0.5) is 0 Å². The lowest BCUT2D eigenvalue weighted by molar-refractivity contribution is 0.539. The third kappa shape index (κ3) is 1.48. The van der Waals surface area contributed by atoms with Crippen LogP contribution >= 0.6 is 0 Å². The van der Waals surface area contributed by atoms with Gasteiger partial charge in [-0.05, 0) is 25.4 Å². The zero-order valence-electron chi connectivity index (χ0n) is 7.32. The van der Waals surface area contributed by atoms with E-state index >= 15 is 0 Å². The Labute approximate surface area is 72.0 Å². The summed E-state index contributed by atoms with van der Waals surface area (Å²) in [7, 11) is 1.95. The predicted molar refractivity (Wildman–Crippen MR) is 45.7 cm³/mol. The monoisotopic (exact) mass is 166 g/mol. The Morgan fingerprint density at radius 3 is 3.25 bits per heavy atom. The van der Waals surface area contributed by atoms with Crippen LogP contribution in [0.25, 0.3) is 0 Å². The van der Waals surface area contributed by atoms with E-state index < -0.39 is 0 Å². The Kier molecular flexibility index (Phi) is 2.08. The summed E-state index contributed by atoms with van der Waals surface area (Å²) < 4.78 is 1.86. The van der Waals surface area contributed by atoms with Gasteiger partial charge in [-0.2, -0.15) is 5.10 Å². The first-order chi connectivity index (χ1) is 5.86. The number of nitrogens with zero attached hydrogens (tertiary/aromatic N) is 3. The second-order valence-electron chi connectivity index (χ2n) is 3.36. The molecule has 1 fully saturated rings. The fraction of sp³-hybridized carbons (Fsp3) is 0.750. The van der Waals surface area contributed by atoms with E-state index in [-0.39, 0.29) is 0 Å². The van der Waals surface area contributed by atoms with E-state index in [2.05, 4.69) is 15.4 Å². The van der Waals surface area contributed by atoms with Crippen LogP contribution in [0.5, 0.6) is 0 Å². The minimum Gasteiger partial charge on any atom is -0.316 e. The molecule has 12 heavy (non-hydrogen) atoms. The fourth-order valence-corrected chi connectivity index (χ4v) is 1.65. The summed E-state index contributed by atoms with van der Waals surface area (Å²) in [5.74, 6) is 1.86. The molecule has 0 radical (unpaired) electrons. The Hall–Kier alpha value is -0.900. The van der Waals surface area contributed by atoms with Gasteiger partial charge < -0.3 is 5.32 Å². The fourth-order valence-electron chi connectivity index (χ4n) is 1.65. The molecule has 1 unspecified atom stereocenters. The maximum atomic E-state index is 4.20. The highest BCUT2D eigenvalue weighted by molar-refractivity contribution is 4.88. The number of hydrogen-bond donors (Lipinski definition) is 1. The smallest absolute Gasteiger partial charge is 0.138 e. The van der Waals surface area contributed by atoms with Gasteiger partial charge >= 0.3 is 0 Å². The molecule has 2 heterocycles. The van der Waals surface area contributed by atoms with Gasteiger partial charge in [0, 0.05) is 13.5 Å². The molecule has 0 aromatic carbocycles. The molecule has 0 amide bonds. The Morgan fingerprint density at radius 2 is 2.67 bits per heavy atom. The van der Waals surface area contributed by atoms with Gasteiger partial charge in [-0.1, -0.05) is 0 Å². The summed E-state index contributed by atoms with van der Waals surface area (Å²) in [5, 5.41) is 7.39. The average Bonchev–Trinajstić information content (AvgIpc) is 2.65. The van der Waals surface area contributed by atoms with Crippen LogP contribution in [0.2, 0.25) is 0 Å². The predicted octanol–water partition coefficient (Wildman–Crippen LogP) is -0.0329. The Bertz CT molecular complexity index is 249. The van der Waals surface area contributed by atoms with Crippen LogP contribution in [0.1, 0.15) is 12.2 Å². The van der Waals surface area contributed by atoms with Crippen LogP contribution in [0.15, 0.2) is 6.33 Å². The molecule has 0 aliphatic carbocycles. The first-order valence-corrected chi connectivity index (χ1v) is 4.40. The van der Waals surface area contributed by atoms with E-state index in [1.165, 1.54) is 6.42 Å². The van der Waals surface area contributed by atoms with Gasteiger partial charge in [-0.25, -0.2) is 4.98 Å². The third-order valence-corrected chi connectivity index (χ3v) is 2.44. The largest absolute Gasteiger partial charge is 0.316 e. The molecular weight excluding hydrogens is 152 g/mol. The van der Waals surface area contributed by atoms with E-state index in [1.807, 2.05) is 11.7 Å². The molecule has 66 valence electrons. The summed E-state index contributed by atoms with van der Waals surface area (Å²) >= 11 is 0. The first-order valence-electron chi connectivity index (χ1n) is 4.40. The number of aromatic nitrogens is 3. The van der Waals surface area contributed by atoms with Crippen LogP contribution in [0.3, 0.4) is 0 Å². The Balaban J connectivity index is 1.98. The highest BCUT2D eigenvalue weighted by atomic mass is 15.3. The molecule has 1 saturated heterocycles. The van der Waals surface area contributed by atoms with Crippen LogP contribution < -0.4 is 5.32 Å². The molecule has 4 heteroatoms. The quantitative estimate of drug-likeness (QED) is 0.670. The zero-order valence-corrected chi connectivity index (χ0v) is 7.32. The van der Waals surface area contributed by atoms with Crippen molar-refractivity contribution in [1.82, 2.24) is 20.1 Å². The molecule has 4 nitrogen and oxygen atoms in total. The van der Waals surface area contributed by atoms with Gasteiger partial charge in [0.2, 0.25) is 0 Å². The summed E-state index contributed by atoms with van der Waals surface area (Å²) in [6.07, 6.45) is 3.95. The normalized spacial score (nSPS) is 23.2. The SMILES string of the molecule is Cn1ncnc1CC1CCNC1. The highest BCUT2D eigenvalue weighted by Gasteiger charge is 2.16. The van der Waals surface area contributed by atoms with Gasteiger partial charge in [0.05, 0.1) is 0 Å². The van der Waals surface area contributed by atoms with E-state index in [9.17, 15) is 0 Å². The van der Waals surface area contributed by atoms with Crippen molar-refractivity contribution < 1.29 is 0 Å². The number of nitrogens with one attached hydrogen (secondary N) is 1. The summed E-state index contributed by atoms with van der Waals surface area (Å²) in [6.45, 7) is 2.29. The van der Waals surface area contributed by atoms with Gasteiger partial charge in [0.15, 0.2) is 0 Å². The molecule has 1 aliphatic rings. The van der Waals surface area contributed by atoms with E-state index in [0.717, 1.165) is 31.3 Å². The van der Waals surface area contributed by atoms with E-state index in [1.54, 1.807) is 6.33 Å². The summed E-state index contributed by atoms with van der Waals surface area (Å²) in [6, 6.07) is 0. The van der Waals surface area contributed by atoms with Gasteiger partial charge in [0.25, 0.3) is 0 Å². The van der Waals surface area contributed by atoms with Crippen molar-refractivity contribution in [1.29, 1.82) is 0 Å². The van der Waals surface area contributed by atoms with Crippen molar-refractivity contribution in [3.05, 3.63) is 12.2 Å². The molecule has 1 atom stereocenters. The molecular formula is C8H14N4. The topological polar surface area (TPSA) is 42.7 Å². The second-order valence-corrected chi connectivity index (χ2v) is 3.36. The van der Waals surface area contributed by atoms with Crippen molar-refractivity contribution in [3.63, 3.8) is 0 Å². The van der Waals surface area contributed by atoms with Gasteiger partial charge in [-0.3, -0.25) is 4.68 Å². The van der Waals surface area contributed by atoms with Gasteiger partial charge in [0.1, 0.15) is 12.2 Å². The maximum absolute atomic E-state index is 4.20. The molecule has 0 saturated carbocycles. The van der Waals surface area contributed by atoms with Crippen LogP contribution in [-0.4, -0.2) is 27.9 Å². The highest BCUT2D eigenvalue weighted by Crippen LogP contribution is 2.12. The van der Waals surface area contributed by atoms with Crippen molar-refractivity contribution >= 4 is 0 Å². The average molecular weight is 166 g/mol. The van der Waals surface area contributed by atoms with Crippen LogP contribution in [-0.2, 0) is 13.5 Å². The van der Waals surface area contributed by atoms with Crippen molar-refractivity contribution in [3.8, 4) is 0 Å². The molecule has 1 N–H and O–H groups in total. The second kappa shape index (κ2) is 3.23. The molecule has 0 spiro atoms. The minimum atomic E-state index is 0.757. The minimum absolute atomic E-state index is 0.757. The lowest BCUT2D eigenvalue weighted by Crippen LogP contribution is -2.13. The lowest BCUT2D eigenvalue weighted by atomic mass is 10.1. The Morgan fingerprint density at radius 1 is 1.75 bits per heavy atom. The zero-order chi connectivity index (χ0) is 8.39. The molecule has 1 aliphatic heterocycles. The molecule has 0 bridgehead atoms. The molecule has 1 aromatic rings. The number of aryl methyl sites for hydroxylation is 1. The maximum Gasteiger partial charge on any atom is 0.138 e.